The Bertz CT molecular complexity index is 902. The van der Waals surface area contributed by atoms with E-state index in [1.54, 1.807) is 24.3 Å². The number of hydrogen-bond donors (Lipinski definition) is 1. The molecule has 0 bridgehead atoms. The fourth-order valence-electron chi connectivity index (χ4n) is 3.49. The van der Waals surface area contributed by atoms with Crippen molar-refractivity contribution in [2.45, 2.75) is 44.1 Å². The second kappa shape index (κ2) is 8.38. The van der Waals surface area contributed by atoms with Crippen LogP contribution in [0.25, 0.3) is 5.57 Å². The summed E-state index contributed by atoms with van der Waals surface area (Å²) in [4.78, 5) is 0.268. The third-order valence-electron chi connectivity index (χ3n) is 5.08. The van der Waals surface area contributed by atoms with Crippen molar-refractivity contribution in [3.8, 4) is 0 Å². The van der Waals surface area contributed by atoms with Crippen LogP contribution in [0.15, 0.2) is 65.1 Å². The first-order valence-electron chi connectivity index (χ1n) is 9.45. The van der Waals surface area contributed by atoms with Gasteiger partial charge in [0.15, 0.2) is 0 Å². The smallest absolute Gasteiger partial charge is 0.243 e. The zero-order valence-corrected chi connectivity index (χ0v) is 16.7. The first-order valence-corrected chi connectivity index (χ1v) is 10.9. The summed E-state index contributed by atoms with van der Waals surface area (Å²) >= 11 is 0. The first-order chi connectivity index (χ1) is 12.9. The summed E-state index contributed by atoms with van der Waals surface area (Å²) < 4.78 is 27.7. The standard InChI is InChI=1S/C22H27NO3S/c1-3-4-10-20-21(18-8-6-5-7-9-18)15-23(16-22(20)24)27(25,26)19-13-11-17(2)12-14-19/h5-9,11-14,22,24H,3-4,10,15-16H2,1-2H3. The van der Waals surface area contributed by atoms with Crippen molar-refractivity contribution in [3.63, 3.8) is 0 Å². The molecule has 1 aliphatic rings. The van der Waals surface area contributed by atoms with E-state index < -0.39 is 16.1 Å². The van der Waals surface area contributed by atoms with E-state index in [1.807, 2.05) is 37.3 Å². The Hall–Kier alpha value is -1.95. The molecule has 0 saturated heterocycles. The van der Waals surface area contributed by atoms with Gasteiger partial charge in [-0.2, -0.15) is 4.31 Å². The highest BCUT2D eigenvalue weighted by Crippen LogP contribution is 2.33. The summed E-state index contributed by atoms with van der Waals surface area (Å²) in [5.41, 5.74) is 3.89. The lowest BCUT2D eigenvalue weighted by atomic mass is 9.90. The van der Waals surface area contributed by atoms with Crippen LogP contribution in [-0.4, -0.2) is 37.0 Å². The van der Waals surface area contributed by atoms with Crippen molar-refractivity contribution in [2.75, 3.05) is 13.1 Å². The van der Waals surface area contributed by atoms with Crippen LogP contribution < -0.4 is 0 Å². The molecule has 5 heteroatoms. The molecule has 4 nitrogen and oxygen atoms in total. The minimum atomic E-state index is -3.66. The van der Waals surface area contributed by atoms with Crippen molar-refractivity contribution in [1.82, 2.24) is 4.31 Å². The fourth-order valence-corrected chi connectivity index (χ4v) is 4.90. The highest BCUT2D eigenvalue weighted by molar-refractivity contribution is 7.89. The molecule has 0 aromatic heterocycles. The van der Waals surface area contributed by atoms with Crippen LogP contribution in [0.1, 0.15) is 37.3 Å². The molecule has 1 aliphatic heterocycles. The van der Waals surface area contributed by atoms with E-state index in [4.69, 9.17) is 0 Å². The van der Waals surface area contributed by atoms with Crippen LogP contribution in [-0.2, 0) is 10.0 Å². The van der Waals surface area contributed by atoms with E-state index in [9.17, 15) is 13.5 Å². The van der Waals surface area contributed by atoms with Gasteiger partial charge in [-0.25, -0.2) is 8.42 Å². The van der Waals surface area contributed by atoms with Gasteiger partial charge in [0.05, 0.1) is 11.0 Å². The number of benzene rings is 2. The quantitative estimate of drug-likeness (QED) is 0.817. The zero-order valence-electron chi connectivity index (χ0n) is 15.9. The summed E-state index contributed by atoms with van der Waals surface area (Å²) in [5, 5.41) is 10.8. The lowest BCUT2D eigenvalue weighted by molar-refractivity contribution is 0.170. The summed E-state index contributed by atoms with van der Waals surface area (Å²) in [6.07, 6.45) is 2.03. The molecule has 0 radical (unpaired) electrons. The normalized spacial score (nSPS) is 18.7. The molecule has 144 valence electrons. The van der Waals surface area contributed by atoms with Gasteiger partial charge in [0.1, 0.15) is 0 Å². The van der Waals surface area contributed by atoms with Crippen molar-refractivity contribution >= 4 is 15.6 Å². The van der Waals surface area contributed by atoms with Crippen molar-refractivity contribution in [3.05, 3.63) is 71.3 Å². The van der Waals surface area contributed by atoms with Crippen LogP contribution >= 0.6 is 0 Å². The van der Waals surface area contributed by atoms with E-state index in [2.05, 4.69) is 6.92 Å². The molecule has 1 N–H and O–H groups in total. The number of nitrogens with zero attached hydrogens (tertiary/aromatic N) is 1. The molecule has 27 heavy (non-hydrogen) atoms. The molecule has 2 aromatic carbocycles. The van der Waals surface area contributed by atoms with Crippen LogP contribution in [0.3, 0.4) is 0 Å². The van der Waals surface area contributed by atoms with Gasteiger partial charge in [-0.15, -0.1) is 0 Å². The van der Waals surface area contributed by atoms with Crippen molar-refractivity contribution in [2.24, 2.45) is 0 Å². The number of β-amino-alcohol motifs (C(OH)–C–C–N with tert-alkyl or cyclic N) is 1. The topological polar surface area (TPSA) is 57.6 Å². The summed E-state index contributed by atoms with van der Waals surface area (Å²) in [7, 11) is -3.66. The average Bonchev–Trinajstić information content (AvgIpc) is 2.67. The molecule has 0 aliphatic carbocycles. The van der Waals surface area contributed by atoms with Gasteiger partial charge < -0.3 is 5.11 Å². The summed E-state index contributed by atoms with van der Waals surface area (Å²) in [5.74, 6) is 0. The fraction of sp³-hybridized carbons (Fsp3) is 0.364. The van der Waals surface area contributed by atoms with Gasteiger partial charge in [-0.05, 0) is 48.6 Å². The maximum Gasteiger partial charge on any atom is 0.243 e. The molecule has 0 amide bonds. The largest absolute Gasteiger partial charge is 0.387 e. The van der Waals surface area contributed by atoms with Crippen LogP contribution in [0, 0.1) is 6.92 Å². The molecule has 0 saturated carbocycles. The van der Waals surface area contributed by atoms with Gasteiger partial charge in [0, 0.05) is 13.1 Å². The van der Waals surface area contributed by atoms with Crippen LogP contribution in [0.5, 0.6) is 0 Å². The van der Waals surface area contributed by atoms with Gasteiger partial charge in [-0.3, -0.25) is 0 Å². The molecule has 1 unspecified atom stereocenters. The predicted octanol–water partition coefficient (Wildman–Crippen LogP) is 4.00. The van der Waals surface area contributed by atoms with E-state index in [-0.39, 0.29) is 18.0 Å². The Kier molecular flexibility index (Phi) is 6.15. The van der Waals surface area contributed by atoms with E-state index in [0.717, 1.165) is 41.5 Å². The Morgan fingerprint density at radius 1 is 1.07 bits per heavy atom. The van der Waals surface area contributed by atoms with Gasteiger partial charge in [0.25, 0.3) is 0 Å². The summed E-state index contributed by atoms with van der Waals surface area (Å²) in [6.45, 7) is 4.44. The molecule has 1 heterocycles. The average molecular weight is 386 g/mol. The highest BCUT2D eigenvalue weighted by Gasteiger charge is 2.34. The predicted molar refractivity (Wildman–Crippen MR) is 109 cm³/mol. The maximum atomic E-state index is 13.1. The number of aliphatic hydroxyl groups is 1. The third kappa shape index (κ3) is 4.32. The summed E-state index contributed by atoms with van der Waals surface area (Å²) in [6, 6.07) is 16.7. The molecular formula is C22H27NO3S. The number of rotatable bonds is 6. The van der Waals surface area contributed by atoms with Crippen LogP contribution in [0.4, 0.5) is 0 Å². The molecule has 2 aromatic rings. The Morgan fingerprint density at radius 2 is 1.74 bits per heavy atom. The monoisotopic (exact) mass is 385 g/mol. The highest BCUT2D eigenvalue weighted by atomic mass is 32.2. The van der Waals surface area contributed by atoms with Gasteiger partial charge in [-0.1, -0.05) is 61.4 Å². The van der Waals surface area contributed by atoms with Crippen molar-refractivity contribution in [1.29, 1.82) is 0 Å². The molecule has 1 atom stereocenters. The number of aryl methyl sites for hydroxylation is 1. The minimum Gasteiger partial charge on any atom is -0.387 e. The lowest BCUT2D eigenvalue weighted by Crippen LogP contribution is -2.43. The number of hydrogen-bond acceptors (Lipinski definition) is 3. The van der Waals surface area contributed by atoms with Crippen molar-refractivity contribution < 1.29 is 13.5 Å². The zero-order chi connectivity index (χ0) is 19.4. The number of sulfonamides is 1. The Morgan fingerprint density at radius 3 is 2.37 bits per heavy atom. The SMILES string of the molecule is CCCCC1=C(c2ccccc2)CN(S(=O)(=O)c2ccc(C)cc2)CC1O. The molecule has 3 rings (SSSR count). The molecule has 0 fully saturated rings. The number of aliphatic hydroxyl groups excluding tert-OH is 1. The van der Waals surface area contributed by atoms with E-state index >= 15 is 0 Å². The first kappa shape index (κ1) is 19.8. The lowest BCUT2D eigenvalue weighted by Gasteiger charge is -2.34. The second-order valence-corrected chi connectivity index (χ2v) is 9.04. The Balaban J connectivity index is 1.99. The minimum absolute atomic E-state index is 0.103. The third-order valence-corrected chi connectivity index (χ3v) is 6.91. The molecular weight excluding hydrogens is 358 g/mol. The second-order valence-electron chi connectivity index (χ2n) is 7.10. The van der Waals surface area contributed by atoms with Gasteiger partial charge in [0.2, 0.25) is 10.0 Å². The van der Waals surface area contributed by atoms with Gasteiger partial charge >= 0.3 is 0 Å². The maximum absolute atomic E-state index is 13.1. The molecule has 0 spiro atoms. The van der Waals surface area contributed by atoms with E-state index in [1.165, 1.54) is 4.31 Å². The Labute approximate surface area is 162 Å². The van der Waals surface area contributed by atoms with E-state index in [0.29, 0.717) is 0 Å². The van der Waals surface area contributed by atoms with Crippen LogP contribution in [0.2, 0.25) is 0 Å². The number of unbranched alkanes of at least 4 members (excludes halogenated alkanes) is 1.